The van der Waals surface area contributed by atoms with Crippen LogP contribution in [0.25, 0.3) is 0 Å². The van der Waals surface area contributed by atoms with Gasteiger partial charge in [-0.15, -0.1) is 0 Å². The Morgan fingerprint density at radius 3 is 3.17 bits per heavy atom. The predicted octanol–water partition coefficient (Wildman–Crippen LogP) is -0.00730. The van der Waals surface area contributed by atoms with Crippen LogP contribution in [0.5, 0.6) is 0 Å². The zero-order chi connectivity index (χ0) is 13.0. The summed E-state index contributed by atoms with van der Waals surface area (Å²) < 4.78 is 1.85. The van der Waals surface area contributed by atoms with E-state index in [0.29, 0.717) is 5.82 Å². The van der Waals surface area contributed by atoms with Gasteiger partial charge in [-0.25, -0.2) is 0 Å². The molecule has 18 heavy (non-hydrogen) atoms. The molecule has 2 N–H and O–H groups in total. The average molecular weight is 251 g/mol. The van der Waals surface area contributed by atoms with E-state index in [4.69, 9.17) is 0 Å². The molecular weight excluding hydrogens is 230 g/mol. The van der Waals surface area contributed by atoms with Crippen molar-refractivity contribution in [3.05, 3.63) is 12.3 Å². The maximum absolute atomic E-state index is 11.9. The summed E-state index contributed by atoms with van der Waals surface area (Å²) in [5.41, 5.74) is 0. The SMILES string of the molecule is CN(C)CCn1ccc(NC(=O)C2CCNC2)n1. The van der Waals surface area contributed by atoms with Crippen LogP contribution in [-0.2, 0) is 11.3 Å². The Labute approximate surface area is 107 Å². The molecule has 6 nitrogen and oxygen atoms in total. The molecule has 0 aromatic carbocycles. The Kier molecular flexibility index (Phi) is 4.33. The number of likely N-dealkylation sites (N-methyl/N-ethyl adjacent to an activating group) is 1. The summed E-state index contributed by atoms with van der Waals surface area (Å²) in [4.78, 5) is 14.0. The zero-order valence-corrected chi connectivity index (χ0v) is 11.0. The predicted molar refractivity (Wildman–Crippen MR) is 70.4 cm³/mol. The van der Waals surface area contributed by atoms with Crippen molar-refractivity contribution >= 4 is 11.7 Å². The molecule has 0 radical (unpaired) electrons. The summed E-state index contributed by atoms with van der Waals surface area (Å²) in [6, 6.07) is 1.84. The van der Waals surface area contributed by atoms with Crippen molar-refractivity contribution in [3.8, 4) is 0 Å². The van der Waals surface area contributed by atoms with Gasteiger partial charge in [-0.3, -0.25) is 9.48 Å². The third-order valence-electron chi connectivity index (χ3n) is 3.10. The largest absolute Gasteiger partial charge is 0.316 e. The topological polar surface area (TPSA) is 62.2 Å². The number of anilines is 1. The van der Waals surface area contributed by atoms with Crippen LogP contribution >= 0.6 is 0 Å². The van der Waals surface area contributed by atoms with Crippen molar-refractivity contribution in [2.24, 2.45) is 5.92 Å². The van der Waals surface area contributed by atoms with Gasteiger partial charge >= 0.3 is 0 Å². The first-order chi connectivity index (χ1) is 8.65. The molecule has 1 aromatic rings. The van der Waals surface area contributed by atoms with E-state index in [-0.39, 0.29) is 11.8 Å². The van der Waals surface area contributed by atoms with E-state index < -0.39 is 0 Å². The number of rotatable bonds is 5. The zero-order valence-electron chi connectivity index (χ0n) is 11.0. The van der Waals surface area contributed by atoms with Crippen LogP contribution < -0.4 is 10.6 Å². The standard InChI is InChI=1S/C12H21N5O/c1-16(2)7-8-17-6-4-11(15-17)14-12(18)10-3-5-13-9-10/h4,6,10,13H,3,5,7-9H2,1-2H3,(H,14,15,18). The second-order valence-corrected chi connectivity index (χ2v) is 4.95. The van der Waals surface area contributed by atoms with Crippen LogP contribution in [0.4, 0.5) is 5.82 Å². The maximum atomic E-state index is 11.9. The fourth-order valence-electron chi connectivity index (χ4n) is 1.96. The van der Waals surface area contributed by atoms with Gasteiger partial charge in [0, 0.05) is 25.4 Å². The molecule has 1 amide bonds. The normalized spacial score (nSPS) is 19.4. The highest BCUT2D eigenvalue weighted by molar-refractivity contribution is 5.91. The monoisotopic (exact) mass is 251 g/mol. The number of hydrogen-bond donors (Lipinski definition) is 2. The van der Waals surface area contributed by atoms with E-state index in [1.54, 1.807) is 0 Å². The smallest absolute Gasteiger partial charge is 0.230 e. The van der Waals surface area contributed by atoms with Gasteiger partial charge in [0.15, 0.2) is 5.82 Å². The van der Waals surface area contributed by atoms with Crippen molar-refractivity contribution < 1.29 is 4.79 Å². The number of carbonyl (C=O) groups excluding carboxylic acids is 1. The van der Waals surface area contributed by atoms with Crippen molar-refractivity contribution in [1.82, 2.24) is 20.0 Å². The van der Waals surface area contributed by atoms with Gasteiger partial charge in [0.1, 0.15) is 0 Å². The molecule has 6 heteroatoms. The third kappa shape index (κ3) is 3.54. The maximum Gasteiger partial charge on any atom is 0.230 e. The average Bonchev–Trinajstić information content (AvgIpc) is 2.97. The lowest BCUT2D eigenvalue weighted by Gasteiger charge is -2.09. The van der Waals surface area contributed by atoms with Crippen LogP contribution in [0.1, 0.15) is 6.42 Å². The molecule has 2 rings (SSSR count). The molecule has 0 saturated carbocycles. The van der Waals surface area contributed by atoms with Crippen molar-refractivity contribution in [1.29, 1.82) is 0 Å². The first kappa shape index (κ1) is 13.0. The highest BCUT2D eigenvalue weighted by Gasteiger charge is 2.22. The summed E-state index contributed by atoms with van der Waals surface area (Å²) in [5.74, 6) is 0.792. The van der Waals surface area contributed by atoms with E-state index in [9.17, 15) is 4.79 Å². The first-order valence-corrected chi connectivity index (χ1v) is 6.35. The Bertz CT molecular complexity index is 395. The van der Waals surface area contributed by atoms with Gasteiger partial charge in [0.05, 0.1) is 12.5 Å². The molecule has 0 bridgehead atoms. The highest BCUT2D eigenvalue weighted by Crippen LogP contribution is 2.11. The molecule has 1 aromatic heterocycles. The van der Waals surface area contributed by atoms with Crippen molar-refractivity contribution in [2.75, 3.05) is 39.0 Å². The van der Waals surface area contributed by atoms with Crippen molar-refractivity contribution in [3.63, 3.8) is 0 Å². The molecule has 1 saturated heterocycles. The second kappa shape index (κ2) is 5.97. The van der Waals surface area contributed by atoms with Crippen LogP contribution in [-0.4, -0.2) is 54.3 Å². The van der Waals surface area contributed by atoms with Crippen LogP contribution in [0.3, 0.4) is 0 Å². The van der Waals surface area contributed by atoms with Gasteiger partial charge in [0.2, 0.25) is 5.91 Å². The van der Waals surface area contributed by atoms with E-state index in [0.717, 1.165) is 32.6 Å². The number of hydrogen-bond acceptors (Lipinski definition) is 4. The molecule has 1 fully saturated rings. The molecule has 1 aliphatic rings. The third-order valence-corrected chi connectivity index (χ3v) is 3.10. The molecule has 2 heterocycles. The van der Waals surface area contributed by atoms with Gasteiger partial charge in [-0.05, 0) is 27.1 Å². The fraction of sp³-hybridized carbons (Fsp3) is 0.667. The van der Waals surface area contributed by atoms with Crippen molar-refractivity contribution in [2.45, 2.75) is 13.0 Å². The molecule has 0 aliphatic carbocycles. The molecule has 100 valence electrons. The van der Waals surface area contributed by atoms with E-state index >= 15 is 0 Å². The summed E-state index contributed by atoms with van der Waals surface area (Å²) in [6.45, 7) is 3.46. The van der Waals surface area contributed by atoms with Gasteiger partial charge in [-0.1, -0.05) is 0 Å². The second-order valence-electron chi connectivity index (χ2n) is 4.95. The fourth-order valence-corrected chi connectivity index (χ4v) is 1.96. The number of aromatic nitrogens is 2. The quantitative estimate of drug-likeness (QED) is 0.773. The minimum absolute atomic E-state index is 0.0675. The molecule has 1 unspecified atom stereocenters. The highest BCUT2D eigenvalue weighted by atomic mass is 16.2. The van der Waals surface area contributed by atoms with E-state index in [1.807, 2.05) is 31.0 Å². The van der Waals surface area contributed by atoms with Gasteiger partial charge in [-0.2, -0.15) is 5.10 Å². The van der Waals surface area contributed by atoms with Crippen LogP contribution in [0.2, 0.25) is 0 Å². The summed E-state index contributed by atoms with van der Waals surface area (Å²) in [7, 11) is 4.05. The lowest BCUT2D eigenvalue weighted by atomic mass is 10.1. The van der Waals surface area contributed by atoms with Crippen LogP contribution in [0.15, 0.2) is 12.3 Å². The number of amides is 1. The lowest BCUT2D eigenvalue weighted by molar-refractivity contribution is -0.119. The minimum atomic E-state index is 0.0675. The molecule has 1 aliphatic heterocycles. The molecule has 1 atom stereocenters. The van der Waals surface area contributed by atoms with E-state index in [1.165, 1.54) is 0 Å². The van der Waals surface area contributed by atoms with Gasteiger partial charge in [0.25, 0.3) is 0 Å². The van der Waals surface area contributed by atoms with Gasteiger partial charge < -0.3 is 15.5 Å². The Balaban J connectivity index is 1.84. The van der Waals surface area contributed by atoms with E-state index in [2.05, 4.69) is 20.6 Å². The summed E-state index contributed by atoms with van der Waals surface area (Å²) >= 11 is 0. The first-order valence-electron chi connectivity index (χ1n) is 6.35. The minimum Gasteiger partial charge on any atom is -0.316 e. The Hall–Kier alpha value is -1.40. The lowest BCUT2D eigenvalue weighted by Crippen LogP contribution is -2.25. The number of carbonyl (C=O) groups is 1. The summed E-state index contributed by atoms with van der Waals surface area (Å²) in [6.07, 6.45) is 2.80. The Morgan fingerprint density at radius 1 is 1.67 bits per heavy atom. The summed E-state index contributed by atoms with van der Waals surface area (Å²) in [5, 5.41) is 10.4. The number of nitrogens with one attached hydrogen (secondary N) is 2. The number of nitrogens with zero attached hydrogens (tertiary/aromatic N) is 3. The molecule has 0 spiro atoms. The van der Waals surface area contributed by atoms with Crippen LogP contribution in [0, 0.1) is 5.92 Å². The molecular formula is C12H21N5O. The Morgan fingerprint density at radius 2 is 2.50 bits per heavy atom.